The molecule has 3 amide bonds. The maximum Gasteiger partial charge on any atom is 0.471 e. The van der Waals surface area contributed by atoms with Crippen molar-refractivity contribution >= 4 is 23.6 Å². The topological polar surface area (TPSA) is 133 Å². The van der Waals surface area contributed by atoms with Crippen molar-refractivity contribution in [2.24, 2.45) is 0 Å². The lowest BCUT2D eigenvalue weighted by Crippen LogP contribution is -2.54. The van der Waals surface area contributed by atoms with E-state index in [0.29, 0.717) is 0 Å². The smallest absolute Gasteiger partial charge is 0.470 e. The predicted octanol–water partition coefficient (Wildman–Crippen LogP) is 1.60. The van der Waals surface area contributed by atoms with E-state index < -0.39 is 48.6 Å². The van der Waals surface area contributed by atoms with Gasteiger partial charge in [0, 0.05) is 36.3 Å². The number of carbonyl (C=O) groups excluding carboxylic acids is 3. The van der Waals surface area contributed by atoms with Crippen LogP contribution in [0.2, 0.25) is 0 Å². The summed E-state index contributed by atoms with van der Waals surface area (Å²) in [5, 5.41) is 14.2. The van der Waals surface area contributed by atoms with E-state index in [1.54, 1.807) is 0 Å². The lowest BCUT2D eigenvalue weighted by atomic mass is 10.1. The zero-order valence-electron chi connectivity index (χ0n) is 20.0. The number of halogens is 6. The summed E-state index contributed by atoms with van der Waals surface area (Å²) in [5.41, 5.74) is 0.319. The van der Waals surface area contributed by atoms with Crippen molar-refractivity contribution < 1.29 is 50.2 Å². The Labute approximate surface area is 217 Å². The molecule has 39 heavy (non-hydrogen) atoms. The molecule has 0 spiro atoms. The molecule has 1 atom stereocenters. The summed E-state index contributed by atoms with van der Waals surface area (Å²) in [5.74, 6) is -4.19. The van der Waals surface area contributed by atoms with Crippen LogP contribution in [0.3, 0.4) is 0 Å². The first kappa shape index (κ1) is 29.5. The van der Waals surface area contributed by atoms with E-state index in [1.165, 1.54) is 46.6 Å². The number of morpholine rings is 1. The number of ether oxygens (including phenoxy) is 2. The second kappa shape index (κ2) is 12.2. The van der Waals surface area contributed by atoms with E-state index in [0.717, 1.165) is 0 Å². The minimum atomic E-state index is -5.15. The summed E-state index contributed by atoms with van der Waals surface area (Å²) in [6, 6.07) is 4.32. The molecule has 1 fully saturated rings. The van der Waals surface area contributed by atoms with Crippen molar-refractivity contribution in [1.29, 1.82) is 5.41 Å². The average molecular weight is 563 g/mol. The van der Waals surface area contributed by atoms with Gasteiger partial charge in [-0.25, -0.2) is 0 Å². The van der Waals surface area contributed by atoms with Crippen molar-refractivity contribution in [3.8, 4) is 0 Å². The number of amidine groups is 1. The van der Waals surface area contributed by atoms with E-state index >= 15 is 0 Å². The van der Waals surface area contributed by atoms with Crippen LogP contribution in [0.5, 0.6) is 0 Å². The van der Waals surface area contributed by atoms with Gasteiger partial charge in [0.1, 0.15) is 5.84 Å². The number of amides is 3. The van der Waals surface area contributed by atoms with Crippen molar-refractivity contribution in [2.45, 2.75) is 18.4 Å². The molecule has 16 heteroatoms. The number of rotatable bonds is 7. The van der Waals surface area contributed by atoms with Crippen LogP contribution in [-0.4, -0.2) is 86.3 Å². The van der Waals surface area contributed by atoms with Crippen LogP contribution in [0.4, 0.5) is 26.3 Å². The lowest BCUT2D eigenvalue weighted by molar-refractivity contribution is -0.171. The molecule has 0 radical (unpaired) electrons. The highest BCUT2D eigenvalue weighted by atomic mass is 19.4. The highest BCUT2D eigenvalue weighted by molar-refractivity contribution is 6.08. The van der Waals surface area contributed by atoms with E-state index in [9.17, 15) is 40.7 Å². The molecule has 4 N–H and O–H groups in total. The molecule has 0 aliphatic carbocycles. The Morgan fingerprint density at radius 3 is 2.33 bits per heavy atom. The number of allylic oxidation sites excluding steroid dienone is 2. The average Bonchev–Trinajstić information content (AvgIpc) is 2.89. The SMILES string of the molecule is N=C(NC(=O)C(F)(F)F)c1ccc(C(=O)NCC2COCCN2C(=O)C2=CC=C(OCC(F)(F)F)NC2)cc1. The molecular weight excluding hydrogens is 540 g/mol. The maximum absolute atomic E-state index is 13.0. The van der Waals surface area contributed by atoms with Crippen molar-refractivity contribution in [1.82, 2.24) is 20.9 Å². The summed E-state index contributed by atoms with van der Waals surface area (Å²) < 4.78 is 84.0. The number of nitrogens with zero attached hydrogens (tertiary/aromatic N) is 1. The van der Waals surface area contributed by atoms with Gasteiger partial charge in [-0.15, -0.1) is 0 Å². The predicted molar refractivity (Wildman–Crippen MR) is 122 cm³/mol. The van der Waals surface area contributed by atoms with Crippen molar-refractivity contribution in [2.75, 3.05) is 39.5 Å². The second-order valence-electron chi connectivity index (χ2n) is 8.32. The van der Waals surface area contributed by atoms with Gasteiger partial charge < -0.3 is 30.3 Å². The molecule has 1 unspecified atom stereocenters. The van der Waals surface area contributed by atoms with Gasteiger partial charge in [-0.2, -0.15) is 26.3 Å². The Balaban J connectivity index is 1.56. The van der Waals surface area contributed by atoms with Crippen molar-refractivity contribution in [3.05, 3.63) is 59.0 Å². The Hall–Kier alpha value is -4.08. The number of alkyl halides is 6. The minimum Gasteiger partial charge on any atom is -0.470 e. The van der Waals surface area contributed by atoms with Crippen LogP contribution in [0.25, 0.3) is 0 Å². The van der Waals surface area contributed by atoms with Crippen LogP contribution in [0.1, 0.15) is 15.9 Å². The molecule has 1 saturated heterocycles. The fraction of sp³-hybridized carbons (Fsp3) is 0.391. The first-order valence-corrected chi connectivity index (χ1v) is 11.3. The molecular formula is C23H23F6N5O5. The molecule has 0 aromatic heterocycles. The number of benzene rings is 1. The molecule has 2 aliphatic heterocycles. The number of dihydropyridines is 1. The fourth-order valence-electron chi connectivity index (χ4n) is 3.52. The molecule has 2 aliphatic rings. The van der Waals surface area contributed by atoms with Gasteiger partial charge in [0.2, 0.25) is 0 Å². The summed E-state index contributed by atoms with van der Waals surface area (Å²) in [7, 11) is 0. The number of carbonyl (C=O) groups is 3. The molecule has 1 aromatic rings. The van der Waals surface area contributed by atoms with Gasteiger partial charge in [-0.1, -0.05) is 12.1 Å². The molecule has 3 rings (SSSR count). The van der Waals surface area contributed by atoms with Crippen LogP contribution < -0.4 is 16.0 Å². The summed E-state index contributed by atoms with van der Waals surface area (Å²) in [6.07, 6.45) is -7.09. The first-order valence-electron chi connectivity index (χ1n) is 11.3. The van der Waals surface area contributed by atoms with Gasteiger partial charge in [0.25, 0.3) is 11.8 Å². The van der Waals surface area contributed by atoms with Gasteiger partial charge in [0.15, 0.2) is 12.5 Å². The molecule has 2 heterocycles. The zero-order valence-corrected chi connectivity index (χ0v) is 20.0. The molecule has 0 saturated carbocycles. The third-order valence-corrected chi connectivity index (χ3v) is 5.47. The van der Waals surface area contributed by atoms with Crippen LogP contribution in [0, 0.1) is 5.41 Å². The molecule has 1 aromatic carbocycles. The maximum atomic E-state index is 13.0. The second-order valence-corrected chi connectivity index (χ2v) is 8.32. The van der Waals surface area contributed by atoms with Crippen LogP contribution in [-0.2, 0) is 19.1 Å². The normalized spacial score (nSPS) is 17.8. The zero-order chi connectivity index (χ0) is 28.8. The summed E-state index contributed by atoms with van der Waals surface area (Å²) in [4.78, 5) is 38.0. The first-order chi connectivity index (χ1) is 18.2. The van der Waals surface area contributed by atoms with E-state index in [4.69, 9.17) is 10.1 Å². The Bertz CT molecular complexity index is 1160. The number of nitrogens with one attached hydrogen (secondary N) is 4. The standard InChI is InChI=1S/C23H23F6N5O5/c24-22(25,26)12-39-17-6-5-15(9-31-17)20(36)34-7-8-38-11-16(34)10-32-19(35)14-3-1-13(2-4-14)18(30)33-21(37)23(27,28)29/h1-6,16,31H,7-12H2,(H,32,35)(H2,30,33,37). The number of hydrogen-bond acceptors (Lipinski definition) is 7. The largest absolute Gasteiger partial charge is 0.471 e. The summed E-state index contributed by atoms with van der Waals surface area (Å²) >= 11 is 0. The van der Waals surface area contributed by atoms with Crippen molar-refractivity contribution in [3.63, 3.8) is 0 Å². The quantitative estimate of drug-likeness (QED) is 0.226. The Kier molecular flexibility index (Phi) is 9.21. The van der Waals surface area contributed by atoms with Gasteiger partial charge in [0.05, 0.1) is 19.3 Å². The van der Waals surface area contributed by atoms with Gasteiger partial charge in [-0.3, -0.25) is 19.8 Å². The lowest BCUT2D eigenvalue weighted by Gasteiger charge is -2.36. The van der Waals surface area contributed by atoms with E-state index in [2.05, 4.69) is 15.4 Å². The Morgan fingerprint density at radius 1 is 1.08 bits per heavy atom. The van der Waals surface area contributed by atoms with E-state index in [1.807, 2.05) is 0 Å². The minimum absolute atomic E-state index is 0.0136. The molecule has 0 bridgehead atoms. The third kappa shape index (κ3) is 8.46. The fourth-order valence-corrected chi connectivity index (χ4v) is 3.52. The van der Waals surface area contributed by atoms with E-state index in [-0.39, 0.29) is 55.4 Å². The summed E-state index contributed by atoms with van der Waals surface area (Å²) in [6.45, 7) is -1.00. The van der Waals surface area contributed by atoms with Gasteiger partial charge >= 0.3 is 18.3 Å². The van der Waals surface area contributed by atoms with Crippen LogP contribution in [0.15, 0.2) is 47.9 Å². The highest BCUT2D eigenvalue weighted by Gasteiger charge is 2.39. The third-order valence-electron chi connectivity index (χ3n) is 5.47. The van der Waals surface area contributed by atoms with Gasteiger partial charge in [-0.05, 0) is 24.3 Å². The van der Waals surface area contributed by atoms with Crippen LogP contribution >= 0.6 is 0 Å². The Morgan fingerprint density at radius 2 is 1.74 bits per heavy atom. The molecule has 212 valence electrons. The monoisotopic (exact) mass is 563 g/mol. The molecule has 10 nitrogen and oxygen atoms in total. The number of hydrogen-bond donors (Lipinski definition) is 4. The highest BCUT2D eigenvalue weighted by Crippen LogP contribution is 2.19.